The van der Waals surface area contributed by atoms with Crippen LogP contribution in [0, 0.1) is 0 Å². The van der Waals surface area contributed by atoms with Crippen molar-refractivity contribution in [1.29, 1.82) is 0 Å². The fourth-order valence-corrected chi connectivity index (χ4v) is 5.61. The van der Waals surface area contributed by atoms with Crippen molar-refractivity contribution in [2.24, 2.45) is 0 Å². The summed E-state index contributed by atoms with van der Waals surface area (Å²) in [7, 11) is 0.186. The Morgan fingerprint density at radius 2 is 1.64 bits per heavy atom. The molecule has 1 heterocycles. The van der Waals surface area contributed by atoms with Crippen LogP contribution in [-0.4, -0.2) is 82.4 Å². The second-order valence-corrected chi connectivity index (χ2v) is 12.1. The number of ether oxygens (including phenoxy) is 1. The Bertz CT molecular complexity index is 1390. The molecule has 1 N–H and O–H groups in total. The highest BCUT2D eigenvalue weighted by atomic mass is 35.5. The van der Waals surface area contributed by atoms with Crippen molar-refractivity contribution in [3.8, 4) is 11.5 Å². The fraction of sp³-hybridized carbons (Fsp3) is 0.321. The Labute approximate surface area is 240 Å². The number of carbonyl (C=O) groups excluding carboxylic acids is 1. The molecule has 0 aromatic heterocycles. The number of benzene rings is 3. The van der Waals surface area contributed by atoms with Crippen molar-refractivity contribution in [2.75, 3.05) is 58.1 Å². The highest BCUT2D eigenvalue weighted by molar-refractivity contribution is 7.92. The van der Waals surface area contributed by atoms with E-state index in [0.717, 1.165) is 32.6 Å². The molecule has 1 aliphatic rings. The van der Waals surface area contributed by atoms with E-state index >= 15 is 0 Å². The van der Waals surface area contributed by atoms with E-state index in [1.54, 1.807) is 54.6 Å². The first-order valence-electron chi connectivity index (χ1n) is 12.6. The zero-order chi connectivity index (χ0) is 28.0. The lowest BCUT2D eigenvalue weighted by molar-refractivity contribution is 0.0633. The fourth-order valence-electron chi connectivity index (χ4n) is 4.26. The molecule has 11 heteroatoms. The molecule has 0 saturated carbocycles. The summed E-state index contributed by atoms with van der Waals surface area (Å²) in [6.45, 7) is 5.02. The second-order valence-electron chi connectivity index (χ2n) is 9.59. The second kappa shape index (κ2) is 13.0. The van der Waals surface area contributed by atoms with Gasteiger partial charge in [0.2, 0.25) is 0 Å². The third-order valence-corrected chi connectivity index (χ3v) is 8.52. The standard InChI is InChI=1S/C28H32Cl2N4O4S/c1-32(2)14-5-15-33-16-18-34(19-17-33)28(35)21-8-11-23(12-9-21)39(36,37)31-26-6-3-4-7-27(26)38-22-10-13-24(29)25(30)20-22/h3-4,6-13,20,31H,5,14-19H2,1-2H3. The summed E-state index contributed by atoms with van der Waals surface area (Å²) in [6, 6.07) is 17.4. The Morgan fingerprint density at radius 1 is 0.949 bits per heavy atom. The Balaban J connectivity index is 1.38. The van der Waals surface area contributed by atoms with Gasteiger partial charge in [-0.15, -0.1) is 0 Å². The van der Waals surface area contributed by atoms with E-state index in [2.05, 4.69) is 28.6 Å². The SMILES string of the molecule is CN(C)CCCN1CCN(C(=O)c2ccc(S(=O)(=O)Nc3ccccc3Oc3ccc(Cl)c(Cl)c3)cc2)CC1. The van der Waals surface area contributed by atoms with Gasteiger partial charge in [0, 0.05) is 37.8 Å². The van der Waals surface area contributed by atoms with E-state index < -0.39 is 10.0 Å². The quantitative estimate of drug-likeness (QED) is 0.345. The summed E-state index contributed by atoms with van der Waals surface area (Å²) < 4.78 is 34.7. The maximum Gasteiger partial charge on any atom is 0.262 e. The molecule has 208 valence electrons. The lowest BCUT2D eigenvalue weighted by atomic mass is 10.2. The lowest BCUT2D eigenvalue weighted by Crippen LogP contribution is -2.49. The Morgan fingerprint density at radius 3 is 2.31 bits per heavy atom. The van der Waals surface area contributed by atoms with Gasteiger partial charge in [0.05, 0.1) is 20.6 Å². The first kappa shape index (κ1) is 29.2. The van der Waals surface area contributed by atoms with Gasteiger partial charge in [0.15, 0.2) is 5.75 Å². The van der Waals surface area contributed by atoms with Crippen LogP contribution in [0.4, 0.5) is 5.69 Å². The van der Waals surface area contributed by atoms with Gasteiger partial charge in [0.25, 0.3) is 15.9 Å². The van der Waals surface area contributed by atoms with E-state index in [0.29, 0.717) is 40.2 Å². The van der Waals surface area contributed by atoms with Crippen LogP contribution in [0.2, 0.25) is 10.0 Å². The third-order valence-electron chi connectivity index (χ3n) is 6.40. The number of hydrogen-bond donors (Lipinski definition) is 1. The molecule has 39 heavy (non-hydrogen) atoms. The van der Waals surface area contributed by atoms with E-state index in [1.807, 2.05) is 4.90 Å². The topological polar surface area (TPSA) is 82.2 Å². The van der Waals surface area contributed by atoms with Gasteiger partial charge >= 0.3 is 0 Å². The zero-order valence-corrected chi connectivity index (χ0v) is 24.3. The molecule has 0 atom stereocenters. The molecule has 0 bridgehead atoms. The summed E-state index contributed by atoms with van der Waals surface area (Å²) in [5, 5.41) is 0.710. The maximum atomic E-state index is 13.1. The lowest BCUT2D eigenvalue weighted by Gasteiger charge is -2.35. The number of piperazine rings is 1. The first-order valence-corrected chi connectivity index (χ1v) is 14.9. The van der Waals surface area contributed by atoms with Gasteiger partial charge in [-0.3, -0.25) is 14.4 Å². The Hall–Kier alpha value is -2.82. The Kier molecular flexibility index (Phi) is 9.74. The summed E-state index contributed by atoms with van der Waals surface area (Å²) in [4.78, 5) is 19.4. The number of amides is 1. The number of halogens is 2. The largest absolute Gasteiger partial charge is 0.455 e. The van der Waals surface area contributed by atoms with Crippen LogP contribution >= 0.6 is 23.2 Å². The normalized spacial score (nSPS) is 14.4. The highest BCUT2D eigenvalue weighted by Gasteiger charge is 2.23. The van der Waals surface area contributed by atoms with Gasteiger partial charge in [-0.1, -0.05) is 35.3 Å². The van der Waals surface area contributed by atoms with Crippen molar-refractivity contribution >= 4 is 44.8 Å². The number of rotatable bonds is 10. The number of hydrogen-bond acceptors (Lipinski definition) is 6. The number of nitrogens with one attached hydrogen (secondary N) is 1. The van der Waals surface area contributed by atoms with Crippen molar-refractivity contribution in [3.63, 3.8) is 0 Å². The van der Waals surface area contributed by atoms with Crippen molar-refractivity contribution in [2.45, 2.75) is 11.3 Å². The molecule has 1 saturated heterocycles. The average Bonchev–Trinajstić information content (AvgIpc) is 2.91. The predicted molar refractivity (Wildman–Crippen MR) is 156 cm³/mol. The van der Waals surface area contributed by atoms with Gasteiger partial charge in [-0.2, -0.15) is 0 Å². The average molecular weight is 592 g/mol. The molecule has 0 aliphatic carbocycles. The van der Waals surface area contributed by atoms with Crippen LogP contribution in [0.3, 0.4) is 0 Å². The molecule has 1 amide bonds. The van der Waals surface area contributed by atoms with Crippen LogP contribution in [0.1, 0.15) is 16.8 Å². The molecule has 1 fully saturated rings. The number of anilines is 1. The summed E-state index contributed by atoms with van der Waals surface area (Å²) in [5.74, 6) is 0.612. The third kappa shape index (κ3) is 7.86. The number of para-hydroxylation sites is 2. The summed E-state index contributed by atoms with van der Waals surface area (Å²) >= 11 is 12.0. The van der Waals surface area contributed by atoms with E-state index in [-0.39, 0.29) is 16.5 Å². The molecule has 0 radical (unpaired) electrons. The molecule has 8 nitrogen and oxygen atoms in total. The molecule has 0 unspecified atom stereocenters. The molecule has 3 aromatic rings. The molecular weight excluding hydrogens is 559 g/mol. The van der Waals surface area contributed by atoms with Crippen LogP contribution in [0.25, 0.3) is 0 Å². The summed E-state index contributed by atoms with van der Waals surface area (Å²) in [5.41, 5.74) is 0.713. The predicted octanol–water partition coefficient (Wildman–Crippen LogP) is 5.30. The molecular formula is C28H32Cl2N4O4S. The van der Waals surface area contributed by atoms with Gasteiger partial charge in [-0.25, -0.2) is 8.42 Å². The number of sulfonamides is 1. The highest BCUT2D eigenvalue weighted by Crippen LogP contribution is 2.34. The van der Waals surface area contributed by atoms with Crippen LogP contribution < -0.4 is 9.46 Å². The van der Waals surface area contributed by atoms with E-state index in [1.165, 1.54) is 12.1 Å². The zero-order valence-electron chi connectivity index (χ0n) is 21.9. The van der Waals surface area contributed by atoms with E-state index in [4.69, 9.17) is 27.9 Å². The van der Waals surface area contributed by atoms with Crippen LogP contribution in [0.15, 0.2) is 71.6 Å². The maximum absolute atomic E-state index is 13.1. The minimum atomic E-state index is -3.94. The molecule has 0 spiro atoms. The minimum Gasteiger partial charge on any atom is -0.455 e. The smallest absolute Gasteiger partial charge is 0.262 e. The van der Waals surface area contributed by atoms with Crippen molar-refractivity contribution in [3.05, 3.63) is 82.3 Å². The van der Waals surface area contributed by atoms with Crippen LogP contribution in [0.5, 0.6) is 11.5 Å². The minimum absolute atomic E-state index is 0.0362. The molecule has 1 aliphatic heterocycles. The van der Waals surface area contributed by atoms with E-state index in [9.17, 15) is 13.2 Å². The van der Waals surface area contributed by atoms with Gasteiger partial charge < -0.3 is 14.5 Å². The monoisotopic (exact) mass is 590 g/mol. The van der Waals surface area contributed by atoms with Crippen LogP contribution in [-0.2, 0) is 10.0 Å². The molecule has 3 aromatic carbocycles. The van der Waals surface area contributed by atoms with Crippen molar-refractivity contribution in [1.82, 2.24) is 14.7 Å². The summed E-state index contributed by atoms with van der Waals surface area (Å²) in [6.07, 6.45) is 1.09. The van der Waals surface area contributed by atoms with Gasteiger partial charge in [0.1, 0.15) is 5.75 Å². The van der Waals surface area contributed by atoms with Crippen molar-refractivity contribution < 1.29 is 17.9 Å². The van der Waals surface area contributed by atoms with Gasteiger partial charge in [-0.05, 0) is 82.1 Å². The first-order chi connectivity index (χ1) is 18.6. The number of nitrogens with zero attached hydrogens (tertiary/aromatic N) is 3. The number of carbonyl (C=O) groups is 1. The molecule has 4 rings (SSSR count).